The number of rotatable bonds is 6. The van der Waals surface area contributed by atoms with Gasteiger partial charge in [0.25, 0.3) is 0 Å². The average Bonchev–Trinajstić information content (AvgIpc) is 4.00. The zero-order valence-corrected chi connectivity index (χ0v) is 32.0. The maximum atomic E-state index is 6.61. The van der Waals surface area contributed by atoms with Crippen molar-refractivity contribution >= 4 is 54.7 Å². The number of benzene rings is 9. The Kier molecular flexibility index (Phi) is 7.50. The Morgan fingerprint density at radius 3 is 1.24 bits per heavy atom. The van der Waals surface area contributed by atoms with Crippen LogP contribution in [0.15, 0.2) is 217 Å². The molecule has 3 heterocycles. The summed E-state index contributed by atoms with van der Waals surface area (Å²) in [6, 6.07) is 75.7. The Hall–Kier alpha value is -7.95. The molecule has 3 aromatic heterocycles. The number of oxazole rings is 1. The fraction of sp³-hybridized carbons (Fsp3) is 0. The molecule has 59 heavy (non-hydrogen) atoms. The smallest absolute Gasteiger partial charge is 0.227 e. The van der Waals surface area contributed by atoms with E-state index in [0.717, 1.165) is 61.4 Å². The SMILES string of the molecule is c1ccc(-c2cc(-c3ccccc3)c3nc(-c4ccc(-c5cc(-n6c7ccccc7c7ccccc76)cc(-n6c7ccccc7c7ccccc76)c5)cc4)oc3c2)cc1. The van der Waals surface area contributed by atoms with E-state index in [1.54, 1.807) is 0 Å². The van der Waals surface area contributed by atoms with Crippen molar-refractivity contribution in [2.24, 2.45) is 0 Å². The number of nitrogens with zero attached hydrogens (tertiary/aromatic N) is 3. The lowest BCUT2D eigenvalue weighted by atomic mass is 9.98. The molecule has 0 radical (unpaired) electrons. The maximum absolute atomic E-state index is 6.61. The summed E-state index contributed by atoms with van der Waals surface area (Å²) in [7, 11) is 0. The van der Waals surface area contributed by atoms with Crippen LogP contribution in [0.25, 0.3) is 111 Å². The molecule has 0 aliphatic heterocycles. The summed E-state index contributed by atoms with van der Waals surface area (Å²) < 4.78 is 11.4. The van der Waals surface area contributed by atoms with Crippen molar-refractivity contribution in [1.82, 2.24) is 14.1 Å². The number of hydrogen-bond donors (Lipinski definition) is 0. The van der Waals surface area contributed by atoms with Gasteiger partial charge in [0, 0.05) is 44.0 Å². The number of hydrogen-bond acceptors (Lipinski definition) is 2. The fourth-order valence-electron chi connectivity index (χ4n) is 9.01. The van der Waals surface area contributed by atoms with E-state index >= 15 is 0 Å². The molecule has 12 aromatic rings. The van der Waals surface area contributed by atoms with Gasteiger partial charge in [-0.25, -0.2) is 4.98 Å². The highest BCUT2D eigenvalue weighted by Crippen LogP contribution is 2.40. The van der Waals surface area contributed by atoms with Crippen LogP contribution in [0, 0.1) is 0 Å². The normalized spacial score (nSPS) is 11.7. The Bertz CT molecular complexity index is 3300. The van der Waals surface area contributed by atoms with Crippen molar-refractivity contribution in [3.8, 4) is 56.2 Å². The molecule has 12 rings (SSSR count). The van der Waals surface area contributed by atoms with Crippen LogP contribution >= 0.6 is 0 Å². The lowest BCUT2D eigenvalue weighted by molar-refractivity contribution is 0.620. The van der Waals surface area contributed by atoms with Crippen molar-refractivity contribution in [3.63, 3.8) is 0 Å². The van der Waals surface area contributed by atoms with Gasteiger partial charge in [-0.3, -0.25) is 0 Å². The second-order valence-electron chi connectivity index (χ2n) is 15.2. The van der Waals surface area contributed by atoms with Gasteiger partial charge in [-0.15, -0.1) is 0 Å². The predicted molar refractivity (Wildman–Crippen MR) is 244 cm³/mol. The Morgan fingerprint density at radius 1 is 0.322 bits per heavy atom. The van der Waals surface area contributed by atoms with Crippen LogP contribution in [0.5, 0.6) is 0 Å². The van der Waals surface area contributed by atoms with Crippen molar-refractivity contribution in [2.45, 2.75) is 0 Å². The molecule has 0 aliphatic rings. The predicted octanol–water partition coefficient (Wildman–Crippen LogP) is 14.7. The second-order valence-corrected chi connectivity index (χ2v) is 15.2. The standard InChI is InChI=1S/C55H35N3O/c1-3-15-36(16-4-1)41-33-48(38-17-5-2-6-18-38)54-53(34-41)59-55(56-54)39-29-27-37(28-30-39)40-31-42(57-49-23-11-7-19-44(49)45-20-8-12-24-50(45)57)35-43(32-40)58-51-25-13-9-21-46(51)47-22-10-14-26-52(47)58/h1-35H. The summed E-state index contributed by atoms with van der Waals surface area (Å²) in [5.41, 5.74) is 16.0. The van der Waals surface area contributed by atoms with Crippen molar-refractivity contribution in [1.29, 1.82) is 0 Å². The van der Waals surface area contributed by atoms with Crippen LogP contribution in [0.4, 0.5) is 0 Å². The lowest BCUT2D eigenvalue weighted by Gasteiger charge is -2.16. The van der Waals surface area contributed by atoms with Gasteiger partial charge in [-0.2, -0.15) is 0 Å². The third-order valence-electron chi connectivity index (χ3n) is 11.7. The van der Waals surface area contributed by atoms with Gasteiger partial charge in [-0.1, -0.05) is 146 Å². The van der Waals surface area contributed by atoms with Crippen LogP contribution in [0.1, 0.15) is 0 Å². The zero-order chi connectivity index (χ0) is 38.9. The van der Waals surface area contributed by atoms with E-state index in [9.17, 15) is 0 Å². The minimum atomic E-state index is 0.596. The third-order valence-corrected chi connectivity index (χ3v) is 11.7. The highest BCUT2D eigenvalue weighted by molar-refractivity contribution is 6.11. The quantitative estimate of drug-likeness (QED) is 0.169. The fourth-order valence-corrected chi connectivity index (χ4v) is 9.01. The molecule has 276 valence electrons. The van der Waals surface area contributed by atoms with E-state index in [2.05, 4.69) is 209 Å². The first kappa shape index (κ1) is 33.2. The number of para-hydroxylation sites is 4. The lowest BCUT2D eigenvalue weighted by Crippen LogP contribution is -2.00. The molecule has 0 aliphatic carbocycles. The molecule has 4 heteroatoms. The Labute approximate surface area is 340 Å². The van der Waals surface area contributed by atoms with Gasteiger partial charge in [0.15, 0.2) is 5.58 Å². The number of fused-ring (bicyclic) bond motifs is 7. The van der Waals surface area contributed by atoms with Crippen molar-refractivity contribution in [3.05, 3.63) is 212 Å². The van der Waals surface area contributed by atoms with Gasteiger partial charge in [0.1, 0.15) is 5.52 Å². The van der Waals surface area contributed by atoms with Crippen molar-refractivity contribution in [2.75, 3.05) is 0 Å². The van der Waals surface area contributed by atoms with E-state index in [4.69, 9.17) is 9.40 Å². The molecule has 0 amide bonds. The molecule has 0 spiro atoms. The topological polar surface area (TPSA) is 35.9 Å². The summed E-state index contributed by atoms with van der Waals surface area (Å²) >= 11 is 0. The first-order valence-electron chi connectivity index (χ1n) is 20.0. The van der Waals surface area contributed by atoms with E-state index in [1.807, 2.05) is 12.1 Å². The first-order chi connectivity index (χ1) is 29.2. The summed E-state index contributed by atoms with van der Waals surface area (Å²) in [6.07, 6.45) is 0. The summed E-state index contributed by atoms with van der Waals surface area (Å²) in [5, 5.41) is 4.95. The molecule has 0 saturated heterocycles. The van der Waals surface area contributed by atoms with Gasteiger partial charge >= 0.3 is 0 Å². The van der Waals surface area contributed by atoms with Gasteiger partial charge in [0.05, 0.1) is 22.1 Å². The second kappa shape index (κ2) is 13.3. The molecule has 0 unspecified atom stereocenters. The van der Waals surface area contributed by atoms with Gasteiger partial charge < -0.3 is 13.6 Å². The van der Waals surface area contributed by atoms with E-state index < -0.39 is 0 Å². The van der Waals surface area contributed by atoms with Crippen LogP contribution in [-0.2, 0) is 0 Å². The van der Waals surface area contributed by atoms with Gasteiger partial charge in [0.2, 0.25) is 5.89 Å². The summed E-state index contributed by atoms with van der Waals surface area (Å²) in [4.78, 5) is 5.13. The van der Waals surface area contributed by atoms with Crippen LogP contribution in [0.2, 0.25) is 0 Å². The summed E-state index contributed by atoms with van der Waals surface area (Å²) in [5.74, 6) is 0.596. The van der Waals surface area contributed by atoms with Crippen molar-refractivity contribution < 1.29 is 4.42 Å². The molecule has 9 aromatic carbocycles. The maximum Gasteiger partial charge on any atom is 0.227 e. The van der Waals surface area contributed by atoms with E-state index in [0.29, 0.717) is 5.89 Å². The molecular formula is C55H35N3O. The molecule has 0 N–H and O–H groups in total. The Balaban J connectivity index is 1.03. The molecule has 0 saturated carbocycles. The highest BCUT2D eigenvalue weighted by atomic mass is 16.3. The van der Waals surface area contributed by atoms with Gasteiger partial charge in [-0.05, 0) is 94.5 Å². The molecular weight excluding hydrogens is 719 g/mol. The summed E-state index contributed by atoms with van der Waals surface area (Å²) in [6.45, 7) is 0. The van der Waals surface area contributed by atoms with E-state index in [1.165, 1.54) is 43.6 Å². The molecule has 0 bridgehead atoms. The zero-order valence-electron chi connectivity index (χ0n) is 32.0. The number of aromatic nitrogens is 3. The monoisotopic (exact) mass is 753 g/mol. The molecule has 0 atom stereocenters. The average molecular weight is 754 g/mol. The Morgan fingerprint density at radius 2 is 0.729 bits per heavy atom. The van der Waals surface area contributed by atoms with Crippen LogP contribution in [-0.4, -0.2) is 14.1 Å². The van der Waals surface area contributed by atoms with Crippen LogP contribution in [0.3, 0.4) is 0 Å². The first-order valence-corrected chi connectivity index (χ1v) is 20.0. The van der Waals surface area contributed by atoms with E-state index in [-0.39, 0.29) is 0 Å². The minimum absolute atomic E-state index is 0.596. The largest absolute Gasteiger partial charge is 0.436 e. The third kappa shape index (κ3) is 5.42. The molecule has 0 fully saturated rings. The van der Waals surface area contributed by atoms with Crippen LogP contribution < -0.4 is 0 Å². The molecule has 4 nitrogen and oxygen atoms in total. The highest BCUT2D eigenvalue weighted by Gasteiger charge is 2.19. The minimum Gasteiger partial charge on any atom is -0.436 e.